The zero-order chi connectivity index (χ0) is 18.5. The zero-order valence-corrected chi connectivity index (χ0v) is 15.7. The molecule has 1 aromatic carbocycles. The lowest BCUT2D eigenvalue weighted by Crippen LogP contribution is -2.33. The smallest absolute Gasteiger partial charge is 0.251 e. The molecule has 7 heteroatoms. The summed E-state index contributed by atoms with van der Waals surface area (Å²) in [4.78, 5) is 14.7. The van der Waals surface area contributed by atoms with Gasteiger partial charge in [-0.2, -0.15) is 4.73 Å². The third-order valence-electron chi connectivity index (χ3n) is 4.50. The van der Waals surface area contributed by atoms with Gasteiger partial charge < -0.3 is 19.6 Å². The number of nitrogens with zero attached hydrogens (tertiary/aromatic N) is 2. The Kier molecular flexibility index (Phi) is 5.88. The largest absolute Gasteiger partial charge is 0.618 e. The van der Waals surface area contributed by atoms with E-state index in [-0.39, 0.29) is 17.7 Å². The molecule has 0 saturated carbocycles. The van der Waals surface area contributed by atoms with Gasteiger partial charge in [0.1, 0.15) is 11.5 Å². The average molecular weight is 374 g/mol. The molecule has 0 spiro atoms. The molecule has 1 atom stereocenters. The molecule has 1 fully saturated rings. The first-order chi connectivity index (χ1) is 12.6. The Morgan fingerprint density at radius 2 is 2.15 bits per heavy atom. The molecule has 26 heavy (non-hydrogen) atoms. The number of hydrogen-bond donors (Lipinski definition) is 0. The van der Waals surface area contributed by atoms with E-state index in [1.165, 1.54) is 18.0 Å². The predicted molar refractivity (Wildman–Crippen MR) is 99.4 cm³/mol. The number of likely N-dealkylation sites (tertiary alicyclic amines) is 1. The third kappa shape index (κ3) is 3.88. The summed E-state index contributed by atoms with van der Waals surface area (Å²) in [6, 6.07) is 10.8. The maximum Gasteiger partial charge on any atom is 0.251 e. The summed E-state index contributed by atoms with van der Waals surface area (Å²) in [5.74, 6) is 1.75. The number of pyridine rings is 1. The normalized spacial score (nSPS) is 16.5. The minimum atomic E-state index is -0.0386. The molecule has 1 amide bonds. The van der Waals surface area contributed by atoms with Gasteiger partial charge >= 0.3 is 0 Å². The molecule has 6 nitrogen and oxygen atoms in total. The minimum Gasteiger partial charge on any atom is -0.618 e. The van der Waals surface area contributed by atoms with Crippen LogP contribution >= 0.6 is 11.8 Å². The van der Waals surface area contributed by atoms with Gasteiger partial charge in [-0.3, -0.25) is 4.79 Å². The van der Waals surface area contributed by atoms with Gasteiger partial charge in [0.25, 0.3) is 5.03 Å². The Balaban J connectivity index is 1.75. The second-order valence-electron chi connectivity index (χ2n) is 6.01. The first-order valence-corrected chi connectivity index (χ1v) is 9.45. The van der Waals surface area contributed by atoms with Crippen LogP contribution < -0.4 is 14.2 Å². The molecule has 0 unspecified atom stereocenters. The topological polar surface area (TPSA) is 65.7 Å². The van der Waals surface area contributed by atoms with Crippen LogP contribution in [-0.2, 0) is 4.79 Å². The van der Waals surface area contributed by atoms with Crippen molar-refractivity contribution in [3.63, 3.8) is 0 Å². The summed E-state index contributed by atoms with van der Waals surface area (Å²) >= 11 is 1.26. The summed E-state index contributed by atoms with van der Waals surface area (Å²) in [5.41, 5.74) is 0.960. The number of amides is 1. The number of thioether (sulfide) groups is 1. The van der Waals surface area contributed by atoms with Crippen LogP contribution in [0.5, 0.6) is 11.5 Å². The van der Waals surface area contributed by atoms with Crippen LogP contribution in [0.25, 0.3) is 0 Å². The molecule has 0 radical (unpaired) electrons. The Hall–Kier alpha value is -2.41. The molecule has 138 valence electrons. The van der Waals surface area contributed by atoms with E-state index in [9.17, 15) is 10.0 Å². The number of carbonyl (C=O) groups excluding carboxylic acids is 1. The fraction of sp³-hybridized carbons (Fsp3) is 0.368. The summed E-state index contributed by atoms with van der Waals surface area (Å²) in [6.07, 6.45) is 3.26. The van der Waals surface area contributed by atoms with Crippen molar-refractivity contribution in [2.45, 2.75) is 23.9 Å². The van der Waals surface area contributed by atoms with E-state index in [1.807, 2.05) is 23.1 Å². The molecule has 2 heterocycles. The van der Waals surface area contributed by atoms with Crippen LogP contribution in [0.15, 0.2) is 47.6 Å². The quantitative estimate of drug-likeness (QED) is 0.442. The summed E-state index contributed by atoms with van der Waals surface area (Å²) in [6.45, 7) is 0.705. The standard InChI is InChI=1S/C19H22N2O4S/c1-24-14-8-9-17(25-2)15(12-14)16-6-5-10-20(16)18(22)13-26-19-7-3-4-11-21(19)23/h3-4,7-9,11-12,16H,5-6,10,13H2,1-2H3/t16-/m0/s1. The second-order valence-corrected chi connectivity index (χ2v) is 7.00. The van der Waals surface area contributed by atoms with Gasteiger partial charge in [-0.1, -0.05) is 0 Å². The SMILES string of the molecule is COc1ccc(OC)c([C@@H]2CCCN2C(=O)CSc2cccc[n+]2[O-])c1. The van der Waals surface area contributed by atoms with Crippen molar-refractivity contribution in [2.75, 3.05) is 26.5 Å². The molecule has 1 aliphatic heterocycles. The van der Waals surface area contributed by atoms with Crippen LogP contribution in [0.4, 0.5) is 0 Å². The van der Waals surface area contributed by atoms with Crippen molar-refractivity contribution in [2.24, 2.45) is 0 Å². The fourth-order valence-electron chi connectivity index (χ4n) is 3.23. The number of rotatable bonds is 6. The first kappa shape index (κ1) is 18.4. The minimum absolute atomic E-state index is 0.0197. The van der Waals surface area contributed by atoms with Crippen LogP contribution in [0.3, 0.4) is 0 Å². The molecule has 0 N–H and O–H groups in total. The van der Waals surface area contributed by atoms with Crippen molar-refractivity contribution in [3.05, 3.63) is 53.4 Å². The Morgan fingerprint density at radius 3 is 2.88 bits per heavy atom. The van der Waals surface area contributed by atoms with Crippen LogP contribution in [0.1, 0.15) is 24.4 Å². The van der Waals surface area contributed by atoms with Crippen molar-refractivity contribution in [1.82, 2.24) is 4.90 Å². The number of ether oxygens (including phenoxy) is 2. The number of carbonyl (C=O) groups is 1. The highest BCUT2D eigenvalue weighted by atomic mass is 32.2. The van der Waals surface area contributed by atoms with Crippen LogP contribution in [0, 0.1) is 5.21 Å². The van der Waals surface area contributed by atoms with Gasteiger partial charge in [0.15, 0.2) is 6.20 Å². The Bertz CT molecular complexity index is 784. The predicted octanol–water partition coefficient (Wildman–Crippen LogP) is 2.79. The van der Waals surface area contributed by atoms with E-state index < -0.39 is 0 Å². The Labute approximate surface area is 157 Å². The van der Waals surface area contributed by atoms with E-state index in [1.54, 1.807) is 32.4 Å². The Morgan fingerprint density at radius 1 is 1.31 bits per heavy atom. The van der Waals surface area contributed by atoms with Gasteiger partial charge in [-0.25, -0.2) is 0 Å². The second kappa shape index (κ2) is 8.31. The molecule has 2 aromatic rings. The van der Waals surface area contributed by atoms with Crippen LogP contribution in [0.2, 0.25) is 0 Å². The molecule has 1 saturated heterocycles. The van der Waals surface area contributed by atoms with Crippen LogP contribution in [-0.4, -0.2) is 37.3 Å². The maximum absolute atomic E-state index is 12.8. The van der Waals surface area contributed by atoms with Gasteiger partial charge in [0.05, 0.1) is 26.0 Å². The molecule has 0 bridgehead atoms. The van der Waals surface area contributed by atoms with Crippen molar-refractivity contribution < 1.29 is 19.0 Å². The summed E-state index contributed by atoms with van der Waals surface area (Å²) < 4.78 is 11.6. The van der Waals surface area contributed by atoms with E-state index in [0.29, 0.717) is 11.6 Å². The fourth-order valence-corrected chi connectivity index (χ4v) is 4.03. The molecule has 3 rings (SSSR count). The molecule has 1 aromatic heterocycles. The summed E-state index contributed by atoms with van der Waals surface area (Å²) in [7, 11) is 3.25. The van der Waals surface area contributed by atoms with Gasteiger partial charge in [-0.15, -0.1) is 0 Å². The van der Waals surface area contributed by atoms with Gasteiger partial charge in [-0.05, 0) is 48.9 Å². The highest BCUT2D eigenvalue weighted by Crippen LogP contribution is 2.39. The van der Waals surface area contributed by atoms with Crippen molar-refractivity contribution >= 4 is 17.7 Å². The monoisotopic (exact) mass is 374 g/mol. The molecule has 0 aliphatic carbocycles. The van der Waals surface area contributed by atoms with E-state index in [0.717, 1.165) is 34.6 Å². The molecule has 1 aliphatic rings. The average Bonchev–Trinajstić information content (AvgIpc) is 3.16. The molecular weight excluding hydrogens is 352 g/mol. The summed E-state index contributed by atoms with van der Waals surface area (Å²) in [5, 5.41) is 12.3. The lowest BCUT2D eigenvalue weighted by atomic mass is 10.0. The first-order valence-electron chi connectivity index (χ1n) is 8.46. The van der Waals surface area contributed by atoms with Crippen molar-refractivity contribution in [1.29, 1.82) is 0 Å². The number of methoxy groups -OCH3 is 2. The lowest BCUT2D eigenvalue weighted by molar-refractivity contribution is -0.645. The number of hydrogen-bond acceptors (Lipinski definition) is 5. The van der Waals surface area contributed by atoms with E-state index in [2.05, 4.69) is 0 Å². The van der Waals surface area contributed by atoms with E-state index >= 15 is 0 Å². The molecular formula is C19H22N2O4S. The maximum atomic E-state index is 12.8. The van der Waals surface area contributed by atoms with E-state index in [4.69, 9.17) is 9.47 Å². The highest BCUT2D eigenvalue weighted by Gasteiger charge is 2.32. The third-order valence-corrected chi connectivity index (χ3v) is 5.50. The van der Waals surface area contributed by atoms with Crippen molar-refractivity contribution in [3.8, 4) is 11.5 Å². The highest BCUT2D eigenvalue weighted by molar-refractivity contribution is 7.99. The number of benzene rings is 1. The van der Waals surface area contributed by atoms with Gasteiger partial charge in [0, 0.05) is 24.2 Å². The zero-order valence-electron chi connectivity index (χ0n) is 14.9. The number of aromatic nitrogens is 1. The van der Waals surface area contributed by atoms with Gasteiger partial charge in [0.2, 0.25) is 5.91 Å². The lowest BCUT2D eigenvalue weighted by Gasteiger charge is -2.26.